The van der Waals surface area contributed by atoms with E-state index in [1.165, 1.54) is 12.1 Å². The van der Waals surface area contributed by atoms with Crippen molar-refractivity contribution < 1.29 is 9.18 Å². The summed E-state index contributed by atoms with van der Waals surface area (Å²) in [5.41, 5.74) is 6.47. The summed E-state index contributed by atoms with van der Waals surface area (Å²) in [5.74, 6) is -0.00236. The number of hydrogen-bond donors (Lipinski definition) is 1. The van der Waals surface area contributed by atoms with Gasteiger partial charge in [-0.1, -0.05) is 31.5 Å². The molecule has 1 aliphatic heterocycles. The van der Waals surface area contributed by atoms with Crippen LogP contribution in [0.15, 0.2) is 23.2 Å². The molecule has 19 heavy (non-hydrogen) atoms. The highest BCUT2D eigenvalue weighted by molar-refractivity contribution is 6.30. The van der Waals surface area contributed by atoms with Crippen LogP contribution in [0.4, 0.5) is 9.18 Å². The lowest BCUT2D eigenvalue weighted by Gasteiger charge is -2.26. The minimum Gasteiger partial charge on any atom is -0.385 e. The molecule has 0 fully saturated rings. The van der Waals surface area contributed by atoms with Gasteiger partial charge < -0.3 is 10.6 Å². The van der Waals surface area contributed by atoms with E-state index >= 15 is 0 Å². The predicted octanol–water partition coefficient (Wildman–Crippen LogP) is 2.97. The Morgan fingerprint density at radius 1 is 1.53 bits per heavy atom. The molecule has 2 amide bonds. The van der Waals surface area contributed by atoms with Crippen LogP contribution < -0.4 is 5.73 Å². The lowest BCUT2D eigenvalue weighted by molar-refractivity contribution is 0.199. The minimum atomic E-state index is -0.499. The van der Waals surface area contributed by atoms with Gasteiger partial charge in [0.25, 0.3) is 0 Å². The molecule has 102 valence electrons. The first kappa shape index (κ1) is 13.8. The molecule has 1 heterocycles. The highest BCUT2D eigenvalue weighted by atomic mass is 35.5. The summed E-state index contributed by atoms with van der Waals surface area (Å²) < 4.78 is 13.2. The van der Waals surface area contributed by atoms with Crippen molar-refractivity contribution in [2.24, 2.45) is 16.6 Å². The number of hydrogen-bond acceptors (Lipinski definition) is 2. The summed E-state index contributed by atoms with van der Waals surface area (Å²) in [6.45, 7) is 4.52. The summed E-state index contributed by atoms with van der Waals surface area (Å²) in [4.78, 5) is 17.2. The SMILES string of the molecule is CC(C)CN1C(=O)N=C(N)C1c1ccc(F)c(Cl)c1. The van der Waals surface area contributed by atoms with Crippen LogP contribution in [-0.2, 0) is 0 Å². The van der Waals surface area contributed by atoms with Gasteiger partial charge in [0.2, 0.25) is 0 Å². The maximum Gasteiger partial charge on any atom is 0.346 e. The molecule has 0 bridgehead atoms. The maximum atomic E-state index is 13.2. The standard InChI is InChI=1S/C13H15ClFN3O/c1-7(2)6-18-11(12(16)17-13(18)19)8-3-4-10(15)9(14)5-8/h3-5,7,11H,6H2,1-2H3,(H2,16,17,19). The van der Waals surface area contributed by atoms with Gasteiger partial charge in [-0.05, 0) is 23.6 Å². The van der Waals surface area contributed by atoms with E-state index in [1.54, 1.807) is 11.0 Å². The van der Waals surface area contributed by atoms with Gasteiger partial charge in [-0.25, -0.2) is 9.18 Å². The molecule has 0 aliphatic carbocycles. The Morgan fingerprint density at radius 2 is 2.21 bits per heavy atom. The van der Waals surface area contributed by atoms with Gasteiger partial charge in [0.1, 0.15) is 17.7 Å². The molecular formula is C13H15ClFN3O. The molecule has 0 aromatic heterocycles. The second kappa shape index (κ2) is 5.17. The topological polar surface area (TPSA) is 58.7 Å². The van der Waals surface area contributed by atoms with Gasteiger partial charge in [0, 0.05) is 6.54 Å². The van der Waals surface area contributed by atoms with Crippen LogP contribution in [0.5, 0.6) is 0 Å². The summed E-state index contributed by atoms with van der Waals surface area (Å²) in [7, 11) is 0. The summed E-state index contributed by atoms with van der Waals surface area (Å²) in [5, 5.41) is 0.00847. The number of amides is 2. The van der Waals surface area contributed by atoms with E-state index in [-0.39, 0.29) is 22.8 Å². The van der Waals surface area contributed by atoms with E-state index in [4.69, 9.17) is 17.3 Å². The summed E-state index contributed by atoms with van der Waals surface area (Å²) in [6.07, 6.45) is 0. The van der Waals surface area contributed by atoms with Crippen LogP contribution in [-0.4, -0.2) is 23.3 Å². The molecule has 4 nitrogen and oxygen atoms in total. The zero-order valence-electron chi connectivity index (χ0n) is 10.7. The second-order valence-corrected chi connectivity index (χ2v) is 5.35. The fourth-order valence-electron chi connectivity index (χ4n) is 2.12. The number of carbonyl (C=O) groups excluding carboxylic acids is 1. The number of aliphatic imine (C=N–C) groups is 1. The maximum absolute atomic E-state index is 13.2. The van der Waals surface area contributed by atoms with Gasteiger partial charge in [0.15, 0.2) is 0 Å². The van der Waals surface area contributed by atoms with Crippen LogP contribution in [0.25, 0.3) is 0 Å². The molecule has 0 saturated heterocycles. The van der Waals surface area contributed by atoms with E-state index in [0.29, 0.717) is 12.1 Å². The number of benzene rings is 1. The van der Waals surface area contributed by atoms with Crippen molar-refractivity contribution in [1.82, 2.24) is 4.90 Å². The minimum absolute atomic E-state index is 0.00847. The lowest BCUT2D eigenvalue weighted by Crippen LogP contribution is -2.35. The summed E-state index contributed by atoms with van der Waals surface area (Å²) >= 11 is 5.77. The Balaban J connectivity index is 2.36. The molecule has 1 aromatic carbocycles. The monoisotopic (exact) mass is 283 g/mol. The van der Waals surface area contributed by atoms with Gasteiger partial charge in [-0.15, -0.1) is 0 Å². The smallest absolute Gasteiger partial charge is 0.346 e. The molecule has 1 atom stereocenters. The fourth-order valence-corrected chi connectivity index (χ4v) is 2.30. The van der Waals surface area contributed by atoms with Gasteiger partial charge >= 0.3 is 6.03 Å². The Kier molecular flexibility index (Phi) is 3.75. The zero-order chi connectivity index (χ0) is 14.2. The molecule has 0 saturated carbocycles. The first-order valence-corrected chi connectivity index (χ1v) is 6.37. The molecule has 1 aliphatic rings. The Labute approximate surface area is 116 Å². The van der Waals surface area contributed by atoms with Crippen LogP contribution in [0.1, 0.15) is 25.5 Å². The van der Waals surface area contributed by atoms with Crippen molar-refractivity contribution in [1.29, 1.82) is 0 Å². The first-order valence-electron chi connectivity index (χ1n) is 5.99. The van der Waals surface area contributed by atoms with Gasteiger partial charge in [0.05, 0.1) is 5.02 Å². The van der Waals surface area contributed by atoms with E-state index in [1.807, 2.05) is 13.8 Å². The van der Waals surface area contributed by atoms with Crippen molar-refractivity contribution >= 4 is 23.5 Å². The zero-order valence-corrected chi connectivity index (χ0v) is 11.5. The average molecular weight is 284 g/mol. The largest absolute Gasteiger partial charge is 0.385 e. The van der Waals surface area contributed by atoms with Gasteiger partial charge in [-0.2, -0.15) is 4.99 Å². The van der Waals surface area contributed by atoms with E-state index in [2.05, 4.69) is 4.99 Å². The van der Waals surface area contributed by atoms with Crippen LogP contribution in [0.3, 0.4) is 0 Å². The van der Waals surface area contributed by atoms with E-state index in [9.17, 15) is 9.18 Å². The number of amidine groups is 1. The Bertz CT molecular complexity index is 545. The van der Waals surface area contributed by atoms with E-state index < -0.39 is 11.9 Å². The lowest BCUT2D eigenvalue weighted by atomic mass is 10.0. The highest BCUT2D eigenvalue weighted by Gasteiger charge is 2.34. The third-order valence-corrected chi connectivity index (χ3v) is 3.17. The fraction of sp³-hybridized carbons (Fsp3) is 0.385. The van der Waals surface area contributed by atoms with Crippen molar-refractivity contribution in [3.63, 3.8) is 0 Å². The Hall–Kier alpha value is -1.62. The molecule has 1 unspecified atom stereocenters. The van der Waals surface area contributed by atoms with Crippen molar-refractivity contribution in [3.05, 3.63) is 34.6 Å². The molecule has 2 N–H and O–H groups in total. The van der Waals surface area contributed by atoms with Crippen molar-refractivity contribution in [3.8, 4) is 0 Å². The average Bonchev–Trinajstić information content (AvgIpc) is 2.57. The van der Waals surface area contributed by atoms with Crippen LogP contribution in [0, 0.1) is 11.7 Å². The molecule has 0 radical (unpaired) electrons. The quantitative estimate of drug-likeness (QED) is 0.927. The second-order valence-electron chi connectivity index (χ2n) is 4.94. The molecule has 6 heteroatoms. The van der Waals surface area contributed by atoms with Gasteiger partial charge in [-0.3, -0.25) is 0 Å². The Morgan fingerprint density at radius 3 is 2.79 bits per heavy atom. The number of carbonyl (C=O) groups is 1. The number of rotatable bonds is 3. The van der Waals surface area contributed by atoms with Crippen LogP contribution in [0.2, 0.25) is 5.02 Å². The number of nitrogens with zero attached hydrogens (tertiary/aromatic N) is 2. The number of urea groups is 1. The van der Waals surface area contributed by atoms with Crippen molar-refractivity contribution in [2.75, 3.05) is 6.54 Å². The number of halogens is 2. The third-order valence-electron chi connectivity index (χ3n) is 2.88. The van der Waals surface area contributed by atoms with E-state index in [0.717, 1.165) is 0 Å². The molecule has 2 rings (SSSR count). The first-order chi connectivity index (χ1) is 8.90. The van der Waals surface area contributed by atoms with Crippen LogP contribution >= 0.6 is 11.6 Å². The molecule has 1 aromatic rings. The highest BCUT2D eigenvalue weighted by Crippen LogP contribution is 2.30. The predicted molar refractivity (Wildman–Crippen MR) is 72.7 cm³/mol. The number of nitrogens with two attached hydrogens (primary N) is 1. The van der Waals surface area contributed by atoms with Crippen molar-refractivity contribution in [2.45, 2.75) is 19.9 Å². The third kappa shape index (κ3) is 2.71. The normalized spacial score (nSPS) is 19.2. The molecule has 0 spiro atoms. The summed E-state index contributed by atoms with van der Waals surface area (Å²) in [6, 6.07) is 3.49. The molecular weight excluding hydrogens is 269 g/mol.